The van der Waals surface area contributed by atoms with E-state index in [1.54, 1.807) is 5.32 Å². The molecule has 3 N–H and O–H groups in total. The minimum absolute atomic E-state index is 0.243. The van der Waals surface area contributed by atoms with Crippen molar-refractivity contribution in [2.24, 2.45) is 0 Å². The van der Waals surface area contributed by atoms with Crippen molar-refractivity contribution in [2.75, 3.05) is 18.5 Å². The molecule has 0 spiro atoms. The lowest BCUT2D eigenvalue weighted by Crippen LogP contribution is -2.36. The van der Waals surface area contributed by atoms with Gasteiger partial charge in [0.15, 0.2) is 6.61 Å². The van der Waals surface area contributed by atoms with Gasteiger partial charge in [0.1, 0.15) is 12.3 Å². The SMILES string of the molecule is O=C(O)COc1ccc(NC(=O)NCC(F)(F)F)cc1. The van der Waals surface area contributed by atoms with Crippen LogP contribution in [-0.4, -0.2) is 36.4 Å². The first-order valence-electron chi connectivity index (χ1n) is 5.32. The number of carbonyl (C=O) groups is 2. The molecular formula is C11H11F3N2O4. The van der Waals surface area contributed by atoms with Crippen LogP contribution in [0.15, 0.2) is 24.3 Å². The first-order chi connectivity index (χ1) is 9.26. The van der Waals surface area contributed by atoms with Gasteiger partial charge in [-0.05, 0) is 24.3 Å². The number of carboxylic acid groups (broad SMARTS) is 1. The monoisotopic (exact) mass is 292 g/mol. The summed E-state index contributed by atoms with van der Waals surface area (Å²) in [5.41, 5.74) is 0.243. The Morgan fingerprint density at radius 3 is 2.30 bits per heavy atom. The zero-order valence-corrected chi connectivity index (χ0v) is 10.0. The van der Waals surface area contributed by atoms with Gasteiger partial charge in [0.2, 0.25) is 0 Å². The van der Waals surface area contributed by atoms with Gasteiger partial charge in [0, 0.05) is 5.69 Å². The van der Waals surface area contributed by atoms with E-state index >= 15 is 0 Å². The third-order valence-electron chi connectivity index (χ3n) is 1.92. The summed E-state index contributed by atoms with van der Waals surface area (Å²) in [6, 6.07) is 4.49. The Bertz CT molecular complexity index is 474. The molecule has 0 aliphatic heterocycles. The molecule has 1 rings (SSSR count). The summed E-state index contributed by atoms with van der Waals surface area (Å²) in [4.78, 5) is 21.4. The average molecular weight is 292 g/mol. The normalized spacial score (nSPS) is 10.8. The molecule has 9 heteroatoms. The third-order valence-corrected chi connectivity index (χ3v) is 1.92. The maximum absolute atomic E-state index is 11.9. The standard InChI is InChI=1S/C11H11F3N2O4/c12-11(13,14)6-15-10(19)16-7-1-3-8(4-2-7)20-5-9(17)18/h1-4H,5-6H2,(H,17,18)(H2,15,16,19). The van der Waals surface area contributed by atoms with Gasteiger partial charge in [-0.15, -0.1) is 0 Å². The lowest BCUT2D eigenvalue weighted by molar-refractivity contribution is -0.139. The fourth-order valence-corrected chi connectivity index (χ4v) is 1.14. The van der Waals surface area contributed by atoms with E-state index in [0.717, 1.165) is 0 Å². The molecule has 0 heterocycles. The predicted molar refractivity (Wildman–Crippen MR) is 62.6 cm³/mol. The molecule has 20 heavy (non-hydrogen) atoms. The number of nitrogens with one attached hydrogen (secondary N) is 2. The van der Waals surface area contributed by atoms with E-state index in [1.165, 1.54) is 24.3 Å². The predicted octanol–water partition coefficient (Wildman–Crippen LogP) is 1.83. The summed E-state index contributed by atoms with van der Waals surface area (Å²) in [5.74, 6) is -0.882. The van der Waals surface area contributed by atoms with E-state index in [0.29, 0.717) is 0 Å². The number of carbonyl (C=O) groups excluding carboxylic acids is 1. The van der Waals surface area contributed by atoms with Gasteiger partial charge < -0.3 is 20.5 Å². The average Bonchev–Trinajstić information content (AvgIpc) is 2.35. The van der Waals surface area contributed by atoms with Crippen molar-refractivity contribution in [1.29, 1.82) is 0 Å². The number of aliphatic carboxylic acids is 1. The highest BCUT2D eigenvalue weighted by molar-refractivity contribution is 5.89. The third kappa shape index (κ3) is 6.47. The van der Waals surface area contributed by atoms with Crippen LogP contribution in [0.1, 0.15) is 0 Å². The Morgan fingerprint density at radius 2 is 1.80 bits per heavy atom. The second-order valence-corrected chi connectivity index (χ2v) is 3.63. The molecule has 1 aromatic carbocycles. The zero-order chi connectivity index (χ0) is 15.2. The van der Waals surface area contributed by atoms with E-state index in [2.05, 4.69) is 5.32 Å². The molecule has 110 valence electrons. The van der Waals surface area contributed by atoms with E-state index in [-0.39, 0.29) is 11.4 Å². The molecule has 0 saturated heterocycles. The molecular weight excluding hydrogens is 281 g/mol. The maximum Gasteiger partial charge on any atom is 0.405 e. The van der Waals surface area contributed by atoms with E-state index < -0.39 is 31.3 Å². The molecule has 6 nitrogen and oxygen atoms in total. The topological polar surface area (TPSA) is 87.7 Å². The number of anilines is 1. The van der Waals surface area contributed by atoms with E-state index in [1.807, 2.05) is 0 Å². The summed E-state index contributed by atoms with van der Waals surface area (Å²) >= 11 is 0. The molecule has 0 saturated carbocycles. The number of ether oxygens (including phenoxy) is 1. The number of benzene rings is 1. The fourth-order valence-electron chi connectivity index (χ4n) is 1.14. The Labute approximate surface area is 111 Å². The minimum atomic E-state index is -4.48. The minimum Gasteiger partial charge on any atom is -0.482 e. The van der Waals surface area contributed by atoms with Crippen LogP contribution in [0.25, 0.3) is 0 Å². The lowest BCUT2D eigenvalue weighted by Gasteiger charge is -2.10. The van der Waals surface area contributed by atoms with E-state index in [4.69, 9.17) is 9.84 Å². The van der Waals surface area contributed by atoms with Crippen molar-refractivity contribution >= 4 is 17.7 Å². The van der Waals surface area contributed by atoms with Crippen molar-refractivity contribution in [1.82, 2.24) is 5.32 Å². The highest BCUT2D eigenvalue weighted by Gasteiger charge is 2.27. The highest BCUT2D eigenvalue weighted by atomic mass is 19.4. The van der Waals surface area contributed by atoms with Crippen LogP contribution >= 0.6 is 0 Å². The van der Waals surface area contributed by atoms with Crippen molar-refractivity contribution in [3.63, 3.8) is 0 Å². The Morgan fingerprint density at radius 1 is 1.20 bits per heavy atom. The van der Waals surface area contributed by atoms with Gasteiger partial charge in [0.25, 0.3) is 0 Å². The molecule has 0 aliphatic carbocycles. The highest BCUT2D eigenvalue weighted by Crippen LogP contribution is 2.16. The zero-order valence-electron chi connectivity index (χ0n) is 10.0. The first kappa shape index (κ1) is 15.6. The van der Waals surface area contributed by atoms with Gasteiger partial charge >= 0.3 is 18.2 Å². The largest absolute Gasteiger partial charge is 0.482 e. The lowest BCUT2D eigenvalue weighted by atomic mass is 10.3. The van der Waals surface area contributed by atoms with Crippen LogP contribution in [0.3, 0.4) is 0 Å². The van der Waals surface area contributed by atoms with E-state index in [9.17, 15) is 22.8 Å². The molecule has 1 aromatic rings. The number of urea groups is 1. The molecule has 0 aromatic heterocycles. The van der Waals surface area contributed by atoms with Crippen molar-refractivity contribution in [3.05, 3.63) is 24.3 Å². The van der Waals surface area contributed by atoms with Gasteiger partial charge in [-0.25, -0.2) is 9.59 Å². The van der Waals surface area contributed by atoms with Crippen LogP contribution in [-0.2, 0) is 4.79 Å². The smallest absolute Gasteiger partial charge is 0.405 e. The van der Waals surface area contributed by atoms with Crippen molar-refractivity contribution in [2.45, 2.75) is 6.18 Å². The van der Waals surface area contributed by atoms with Gasteiger partial charge in [-0.1, -0.05) is 0 Å². The summed E-state index contributed by atoms with van der Waals surface area (Å²) in [5, 5.41) is 12.2. The number of amides is 2. The molecule has 0 unspecified atom stereocenters. The molecule has 0 atom stereocenters. The number of halogens is 3. The van der Waals surface area contributed by atoms with Crippen LogP contribution in [0.5, 0.6) is 5.75 Å². The Hall–Kier alpha value is -2.45. The fraction of sp³-hybridized carbons (Fsp3) is 0.273. The number of rotatable bonds is 5. The van der Waals surface area contributed by atoms with Crippen LogP contribution < -0.4 is 15.4 Å². The van der Waals surface area contributed by atoms with Gasteiger partial charge in [-0.2, -0.15) is 13.2 Å². The molecule has 2 amide bonds. The number of hydrogen-bond acceptors (Lipinski definition) is 3. The molecule has 0 fully saturated rings. The number of carboxylic acids is 1. The van der Waals surface area contributed by atoms with Crippen LogP contribution in [0.4, 0.5) is 23.7 Å². The van der Waals surface area contributed by atoms with Crippen molar-refractivity contribution in [3.8, 4) is 5.75 Å². The molecule has 0 bridgehead atoms. The molecule has 0 aliphatic rings. The maximum atomic E-state index is 11.9. The van der Waals surface area contributed by atoms with Gasteiger partial charge in [0.05, 0.1) is 0 Å². The quantitative estimate of drug-likeness (QED) is 0.772. The van der Waals surface area contributed by atoms with Gasteiger partial charge in [-0.3, -0.25) is 0 Å². The summed E-state index contributed by atoms with van der Waals surface area (Å²) < 4.78 is 40.4. The molecule has 0 radical (unpaired) electrons. The Balaban J connectivity index is 2.44. The van der Waals surface area contributed by atoms with Crippen LogP contribution in [0, 0.1) is 0 Å². The summed E-state index contributed by atoms with van der Waals surface area (Å²) in [6.07, 6.45) is -4.48. The number of hydrogen-bond donors (Lipinski definition) is 3. The second-order valence-electron chi connectivity index (χ2n) is 3.63. The number of alkyl halides is 3. The van der Waals surface area contributed by atoms with Crippen molar-refractivity contribution < 1.29 is 32.6 Å². The first-order valence-corrected chi connectivity index (χ1v) is 5.32. The Kier molecular flexibility index (Phi) is 5.18. The summed E-state index contributed by atoms with van der Waals surface area (Å²) in [7, 11) is 0. The second kappa shape index (κ2) is 6.64. The van der Waals surface area contributed by atoms with Crippen LogP contribution in [0.2, 0.25) is 0 Å². The summed E-state index contributed by atoms with van der Waals surface area (Å²) in [6.45, 7) is -1.95.